The van der Waals surface area contributed by atoms with E-state index >= 15 is 0 Å². The number of alkyl halides is 1. The Morgan fingerprint density at radius 3 is 3.07 bits per heavy atom. The Hall–Kier alpha value is -0.340. The summed E-state index contributed by atoms with van der Waals surface area (Å²) in [6.45, 7) is 0. The first-order valence-corrected chi connectivity index (χ1v) is 5.62. The normalized spacial score (nSPS) is 67.1. The molecular weight excluding hydrogens is 200 g/mol. The van der Waals surface area contributed by atoms with E-state index in [0.29, 0.717) is 5.92 Å². The fraction of sp³-hybridized carbons (Fsp3) is 0.727. The lowest BCUT2D eigenvalue weighted by Gasteiger charge is -2.31. The quantitative estimate of drug-likeness (QED) is 0.478. The number of aliphatic hydroxyl groups excluding tert-OH is 1. The zero-order chi connectivity index (χ0) is 9.66. The monoisotopic (exact) mass is 210 g/mol. The van der Waals surface area contributed by atoms with Gasteiger partial charge in [0.15, 0.2) is 5.78 Å². The second-order valence-electron chi connectivity index (χ2n) is 5.18. The number of allylic oxidation sites excluding steroid dienone is 1. The highest BCUT2D eigenvalue weighted by Crippen LogP contribution is 2.69. The van der Waals surface area contributed by atoms with Crippen LogP contribution in [0.1, 0.15) is 6.42 Å². The highest BCUT2D eigenvalue weighted by atomic mass is 35.5. The van der Waals surface area contributed by atoms with Crippen molar-refractivity contribution in [3.63, 3.8) is 0 Å². The summed E-state index contributed by atoms with van der Waals surface area (Å²) in [4.78, 5) is 11.4. The molecule has 0 aromatic heterocycles. The Morgan fingerprint density at radius 1 is 1.50 bits per heavy atom. The van der Waals surface area contributed by atoms with Crippen LogP contribution in [0.5, 0.6) is 0 Å². The van der Waals surface area contributed by atoms with Crippen LogP contribution >= 0.6 is 11.6 Å². The molecule has 74 valence electrons. The van der Waals surface area contributed by atoms with Crippen molar-refractivity contribution in [3.05, 3.63) is 12.2 Å². The summed E-state index contributed by atoms with van der Waals surface area (Å²) in [6.07, 6.45) is 4.59. The minimum atomic E-state index is -0.650. The van der Waals surface area contributed by atoms with E-state index < -0.39 is 4.87 Å². The predicted molar refractivity (Wildman–Crippen MR) is 50.8 cm³/mol. The van der Waals surface area contributed by atoms with E-state index in [2.05, 4.69) is 6.08 Å². The van der Waals surface area contributed by atoms with Crippen LogP contribution in [0.15, 0.2) is 12.2 Å². The van der Waals surface area contributed by atoms with Crippen LogP contribution in [0.4, 0.5) is 0 Å². The first-order valence-electron chi connectivity index (χ1n) is 5.24. The molecule has 4 aliphatic rings. The minimum Gasteiger partial charge on any atom is -0.392 e. The van der Waals surface area contributed by atoms with E-state index in [-0.39, 0.29) is 35.6 Å². The number of hydrogen-bond donors (Lipinski definition) is 1. The summed E-state index contributed by atoms with van der Waals surface area (Å²) < 4.78 is 0. The van der Waals surface area contributed by atoms with E-state index in [1.54, 1.807) is 0 Å². The summed E-state index contributed by atoms with van der Waals surface area (Å²) in [7, 11) is 0. The van der Waals surface area contributed by atoms with Gasteiger partial charge < -0.3 is 5.11 Å². The van der Waals surface area contributed by atoms with Gasteiger partial charge in [-0.05, 0) is 18.3 Å². The number of aliphatic hydroxyl groups is 1. The van der Waals surface area contributed by atoms with E-state index in [0.717, 1.165) is 6.42 Å². The molecule has 0 aromatic carbocycles. The van der Waals surface area contributed by atoms with E-state index in [4.69, 9.17) is 11.6 Å². The molecule has 4 bridgehead atoms. The number of halogens is 1. The molecule has 0 saturated heterocycles. The third kappa shape index (κ3) is 0.537. The molecule has 1 unspecified atom stereocenters. The average molecular weight is 211 g/mol. The van der Waals surface area contributed by atoms with Gasteiger partial charge in [-0.15, -0.1) is 11.6 Å². The smallest absolute Gasteiger partial charge is 0.158 e. The van der Waals surface area contributed by atoms with Gasteiger partial charge in [0.2, 0.25) is 0 Å². The highest BCUT2D eigenvalue weighted by molar-refractivity contribution is 6.37. The van der Waals surface area contributed by atoms with Gasteiger partial charge in [0.1, 0.15) is 4.87 Å². The number of carbonyl (C=O) groups is 1. The Morgan fingerprint density at radius 2 is 2.29 bits per heavy atom. The topological polar surface area (TPSA) is 37.3 Å². The maximum atomic E-state index is 12.1. The molecule has 3 heteroatoms. The molecule has 2 nitrogen and oxygen atoms in total. The molecular formula is C11H11ClO2. The van der Waals surface area contributed by atoms with E-state index in [9.17, 15) is 9.90 Å². The first-order chi connectivity index (χ1) is 6.64. The third-order valence-electron chi connectivity index (χ3n) is 4.89. The van der Waals surface area contributed by atoms with Gasteiger partial charge in [-0.2, -0.15) is 0 Å². The second kappa shape index (κ2) is 1.96. The zero-order valence-electron chi connectivity index (χ0n) is 7.56. The van der Waals surface area contributed by atoms with Crippen molar-refractivity contribution in [1.82, 2.24) is 0 Å². The summed E-state index contributed by atoms with van der Waals surface area (Å²) in [5.74, 6) is 1.04. The standard InChI is InChI=1S/C11H11ClO2/c12-11-3-5-7(10(11)14)4-1-2-6(11)8(5)9(4)13/h1-2,4-9,13H,3H2/t4?,5-,6+,7+,8-,9-,11+/m1/s1. The molecule has 1 N–H and O–H groups in total. The van der Waals surface area contributed by atoms with E-state index in [1.165, 1.54) is 0 Å². The molecule has 3 saturated carbocycles. The SMILES string of the molecule is O=C1[C@H]2C3C=C[C@H]4[C@@H]([C@@H]2C[C@@]14Cl)[C@@H]3O. The third-order valence-corrected chi connectivity index (χ3v) is 5.48. The number of rotatable bonds is 0. The fourth-order valence-electron chi connectivity index (χ4n) is 4.45. The van der Waals surface area contributed by atoms with Crippen LogP contribution in [0, 0.1) is 29.6 Å². The molecule has 0 aliphatic heterocycles. The molecule has 0 amide bonds. The number of ketones is 1. The van der Waals surface area contributed by atoms with Crippen molar-refractivity contribution in [2.24, 2.45) is 29.6 Å². The Bertz CT molecular complexity index is 377. The highest BCUT2D eigenvalue weighted by Gasteiger charge is 2.74. The van der Waals surface area contributed by atoms with Gasteiger partial charge in [-0.25, -0.2) is 0 Å². The van der Waals surface area contributed by atoms with E-state index in [1.807, 2.05) is 6.08 Å². The lowest BCUT2D eigenvalue weighted by molar-refractivity contribution is -0.125. The summed E-state index contributed by atoms with van der Waals surface area (Å²) in [6, 6.07) is 0. The molecule has 0 aromatic rings. The molecule has 0 spiro atoms. The van der Waals surface area contributed by atoms with Crippen molar-refractivity contribution < 1.29 is 9.90 Å². The predicted octanol–water partition coefficient (Wildman–Crippen LogP) is 0.976. The van der Waals surface area contributed by atoms with Crippen molar-refractivity contribution >= 4 is 17.4 Å². The lowest BCUT2D eigenvalue weighted by Crippen LogP contribution is -2.40. The summed E-state index contributed by atoms with van der Waals surface area (Å²) >= 11 is 6.42. The molecule has 4 aliphatic carbocycles. The van der Waals surface area contributed by atoms with Crippen LogP contribution < -0.4 is 0 Å². The van der Waals surface area contributed by atoms with Crippen molar-refractivity contribution in [3.8, 4) is 0 Å². The van der Waals surface area contributed by atoms with Gasteiger partial charge in [0, 0.05) is 17.8 Å². The number of fused-ring (bicyclic) bond motifs is 4. The van der Waals surface area contributed by atoms with Crippen molar-refractivity contribution in [1.29, 1.82) is 0 Å². The maximum absolute atomic E-state index is 12.1. The Kier molecular flexibility index (Phi) is 1.10. The molecule has 7 atom stereocenters. The molecule has 14 heavy (non-hydrogen) atoms. The average Bonchev–Trinajstić information content (AvgIpc) is 2.57. The van der Waals surface area contributed by atoms with Crippen molar-refractivity contribution in [2.75, 3.05) is 0 Å². The van der Waals surface area contributed by atoms with Crippen molar-refractivity contribution in [2.45, 2.75) is 17.4 Å². The van der Waals surface area contributed by atoms with Crippen LogP contribution in [0.2, 0.25) is 0 Å². The minimum absolute atomic E-state index is 0.0301. The molecule has 4 rings (SSSR count). The second-order valence-corrected chi connectivity index (χ2v) is 5.85. The maximum Gasteiger partial charge on any atom is 0.158 e. The Labute approximate surface area is 86.9 Å². The summed E-state index contributed by atoms with van der Waals surface area (Å²) in [5.41, 5.74) is 0. The van der Waals surface area contributed by atoms with Crippen LogP contribution in [-0.2, 0) is 4.79 Å². The molecule has 3 fully saturated rings. The van der Waals surface area contributed by atoms with Gasteiger partial charge >= 0.3 is 0 Å². The zero-order valence-corrected chi connectivity index (χ0v) is 8.32. The molecule has 0 radical (unpaired) electrons. The number of carbonyl (C=O) groups excluding carboxylic acids is 1. The van der Waals surface area contributed by atoms with Crippen LogP contribution in [-0.4, -0.2) is 21.9 Å². The van der Waals surface area contributed by atoms with Gasteiger partial charge in [0.05, 0.1) is 6.10 Å². The number of Topliss-reactive ketones (excluding diaryl/α,β-unsaturated/α-hetero) is 1. The van der Waals surface area contributed by atoms with Gasteiger partial charge in [-0.3, -0.25) is 4.79 Å². The van der Waals surface area contributed by atoms with Gasteiger partial charge in [-0.1, -0.05) is 12.2 Å². The first kappa shape index (κ1) is 7.89. The lowest BCUT2D eigenvalue weighted by atomic mass is 9.79. The van der Waals surface area contributed by atoms with Crippen LogP contribution in [0.3, 0.4) is 0 Å². The van der Waals surface area contributed by atoms with Crippen LogP contribution in [0.25, 0.3) is 0 Å². The largest absolute Gasteiger partial charge is 0.392 e. The fourth-order valence-corrected chi connectivity index (χ4v) is 4.97. The summed E-state index contributed by atoms with van der Waals surface area (Å²) in [5, 5.41) is 10.1. The Balaban J connectivity index is 2.02. The number of hydrogen-bond acceptors (Lipinski definition) is 2. The molecule has 0 heterocycles. The van der Waals surface area contributed by atoms with Gasteiger partial charge in [0.25, 0.3) is 0 Å².